The van der Waals surface area contributed by atoms with Gasteiger partial charge >= 0.3 is 12.1 Å². The summed E-state index contributed by atoms with van der Waals surface area (Å²) in [7, 11) is 0.829. The first-order valence-corrected chi connectivity index (χ1v) is 14.0. The van der Waals surface area contributed by atoms with Crippen LogP contribution in [0.4, 0.5) is 13.2 Å². The largest absolute Gasteiger partial charge is 0.442 e. The van der Waals surface area contributed by atoms with E-state index in [1.807, 2.05) is 0 Å². The summed E-state index contributed by atoms with van der Waals surface area (Å²) in [6.07, 6.45) is 23.4. The van der Waals surface area contributed by atoms with Gasteiger partial charge in [0, 0.05) is 12.7 Å². The van der Waals surface area contributed by atoms with Crippen LogP contribution in [-0.2, 0) is 19.9 Å². The number of esters is 1. The third-order valence-corrected chi connectivity index (χ3v) is 6.51. The van der Waals surface area contributed by atoms with E-state index in [0.717, 1.165) is 26.4 Å². The van der Waals surface area contributed by atoms with Crippen LogP contribution >= 0.6 is 0 Å². The van der Waals surface area contributed by atoms with E-state index in [4.69, 9.17) is 15.9 Å². The Bertz CT molecular complexity index is 855. The molecule has 1 aromatic carbocycles. The Labute approximate surface area is 227 Å². The van der Waals surface area contributed by atoms with Crippen LogP contribution in [-0.4, -0.2) is 25.4 Å². The summed E-state index contributed by atoms with van der Waals surface area (Å²) >= 11 is 0. The number of hydrogen-bond acceptors (Lipinski definition) is 3. The number of terminal acetylenes is 1. The Balaban J connectivity index is 2.31. The van der Waals surface area contributed by atoms with Crippen molar-refractivity contribution in [1.82, 2.24) is 0 Å². The number of halogens is 3. The van der Waals surface area contributed by atoms with Crippen molar-refractivity contribution in [2.24, 2.45) is 0 Å². The fourth-order valence-electron chi connectivity index (χ4n) is 4.27. The van der Waals surface area contributed by atoms with Gasteiger partial charge in [0.05, 0.1) is 0 Å². The molecule has 212 valence electrons. The Hall–Kier alpha value is -2.52. The highest BCUT2D eigenvalue weighted by atomic mass is 19.4. The summed E-state index contributed by atoms with van der Waals surface area (Å²) in [5.74, 6) is 0.640. The van der Waals surface area contributed by atoms with Gasteiger partial charge in [-0.1, -0.05) is 113 Å². The third-order valence-electron chi connectivity index (χ3n) is 6.51. The summed E-state index contributed by atoms with van der Waals surface area (Å²) in [6.45, 7) is 2.23. The lowest BCUT2D eigenvalue weighted by Gasteiger charge is -2.32. The van der Waals surface area contributed by atoms with Crippen LogP contribution in [0.3, 0.4) is 0 Å². The molecule has 0 unspecified atom stereocenters. The van der Waals surface area contributed by atoms with Crippen LogP contribution in [0.25, 0.3) is 0 Å². The molecule has 0 aliphatic heterocycles. The zero-order valence-electron chi connectivity index (χ0n) is 23.1. The molecule has 0 spiro atoms. The zero-order chi connectivity index (χ0) is 28.1. The molecule has 0 N–H and O–H groups in total. The lowest BCUT2D eigenvalue weighted by atomic mass is 9.92. The zero-order valence-corrected chi connectivity index (χ0v) is 23.1. The fraction of sp³-hybridized carbons (Fsp3) is 0.594. The highest BCUT2D eigenvalue weighted by molar-refractivity contribution is 5.83. The highest BCUT2D eigenvalue weighted by Crippen LogP contribution is 2.43. The van der Waals surface area contributed by atoms with Crippen molar-refractivity contribution < 1.29 is 27.4 Å². The standard InChI is InChI=1S/C32H45F3O3/c1-4-6-7-8-9-10-11-12-13-14-15-16-17-18-19-20-24-27-29(5-2)38-30(36)31(37-3,32(33,34)35)28-25-22-21-23-26-28/h2,10-11,21-27,29H,4,6-9,12-20H2,1,3H3/b11-10-,27-24+/t29-,31-/m1/s1. The van der Waals surface area contributed by atoms with Crippen LogP contribution in [0.2, 0.25) is 0 Å². The van der Waals surface area contributed by atoms with Crippen molar-refractivity contribution in [3.8, 4) is 12.3 Å². The number of benzene rings is 1. The minimum atomic E-state index is -5.03. The summed E-state index contributed by atoms with van der Waals surface area (Å²) in [5, 5.41) is 0. The molecule has 38 heavy (non-hydrogen) atoms. The van der Waals surface area contributed by atoms with Crippen molar-refractivity contribution in [3.63, 3.8) is 0 Å². The predicted octanol–water partition coefficient (Wildman–Crippen LogP) is 9.23. The summed E-state index contributed by atoms with van der Waals surface area (Å²) < 4.78 is 51.8. The van der Waals surface area contributed by atoms with Gasteiger partial charge in [-0.2, -0.15) is 13.2 Å². The first-order chi connectivity index (χ1) is 18.3. The van der Waals surface area contributed by atoms with Gasteiger partial charge in [0.2, 0.25) is 0 Å². The molecule has 0 fully saturated rings. The molecule has 1 rings (SSSR count). The van der Waals surface area contributed by atoms with E-state index in [0.29, 0.717) is 6.42 Å². The van der Waals surface area contributed by atoms with Crippen LogP contribution in [0.1, 0.15) is 102 Å². The molecule has 0 aromatic heterocycles. The first kappa shape index (κ1) is 33.5. The van der Waals surface area contributed by atoms with Gasteiger partial charge in [-0.3, -0.25) is 0 Å². The second-order valence-electron chi connectivity index (χ2n) is 9.54. The number of ether oxygens (including phenoxy) is 2. The molecule has 0 radical (unpaired) electrons. The third kappa shape index (κ3) is 11.9. The lowest BCUT2D eigenvalue weighted by molar-refractivity contribution is -0.276. The first-order valence-electron chi connectivity index (χ1n) is 14.0. The summed E-state index contributed by atoms with van der Waals surface area (Å²) in [6, 6.07) is 6.69. The van der Waals surface area contributed by atoms with Crippen molar-refractivity contribution in [1.29, 1.82) is 0 Å². The van der Waals surface area contributed by atoms with Crippen LogP contribution in [0, 0.1) is 12.3 Å². The van der Waals surface area contributed by atoms with Crippen molar-refractivity contribution >= 4 is 5.97 Å². The number of alkyl halides is 3. The van der Waals surface area contributed by atoms with Crippen molar-refractivity contribution in [2.45, 2.75) is 115 Å². The maximum absolute atomic E-state index is 14.0. The predicted molar refractivity (Wildman–Crippen MR) is 148 cm³/mol. The molecule has 0 bridgehead atoms. The number of carbonyl (C=O) groups excluding carboxylic acids is 1. The quantitative estimate of drug-likeness (QED) is 0.0724. The monoisotopic (exact) mass is 534 g/mol. The van der Waals surface area contributed by atoms with E-state index in [-0.39, 0.29) is 5.56 Å². The molecule has 0 aliphatic rings. The van der Waals surface area contributed by atoms with Gasteiger partial charge in [-0.15, -0.1) is 6.42 Å². The maximum atomic E-state index is 14.0. The molecular formula is C32H45F3O3. The minimum absolute atomic E-state index is 0.367. The van der Waals surface area contributed by atoms with Gasteiger partial charge in [-0.05, 0) is 44.6 Å². The molecule has 0 amide bonds. The topological polar surface area (TPSA) is 35.5 Å². The molecule has 6 heteroatoms. The van der Waals surface area contributed by atoms with E-state index < -0.39 is 23.9 Å². The molecular weight excluding hydrogens is 489 g/mol. The lowest BCUT2D eigenvalue weighted by Crippen LogP contribution is -2.52. The Morgan fingerprint density at radius 2 is 1.37 bits per heavy atom. The number of carbonyl (C=O) groups is 1. The van der Waals surface area contributed by atoms with E-state index in [2.05, 4.69) is 25.0 Å². The van der Waals surface area contributed by atoms with Gasteiger partial charge in [0.25, 0.3) is 5.60 Å². The second kappa shape index (κ2) is 19.5. The molecule has 0 saturated carbocycles. The molecule has 0 saturated heterocycles. The van der Waals surface area contributed by atoms with Crippen LogP contribution in [0.5, 0.6) is 0 Å². The molecule has 0 heterocycles. The number of unbranched alkanes of at least 4 members (excludes halogenated alkanes) is 12. The SMILES string of the molecule is C#C[C@H](/C=C/CCCCCCCCC/C=C\CCCCCC)OC(=O)[C@](OC)(c1ccccc1)C(F)(F)F. The number of allylic oxidation sites excluding steroid dienone is 3. The average molecular weight is 535 g/mol. The number of hydrogen-bond donors (Lipinski definition) is 0. The van der Waals surface area contributed by atoms with Crippen molar-refractivity contribution in [2.75, 3.05) is 7.11 Å². The van der Waals surface area contributed by atoms with Gasteiger partial charge in [-0.25, -0.2) is 4.79 Å². The Morgan fingerprint density at radius 1 is 0.868 bits per heavy atom. The van der Waals surface area contributed by atoms with E-state index >= 15 is 0 Å². The van der Waals surface area contributed by atoms with Crippen molar-refractivity contribution in [3.05, 3.63) is 60.2 Å². The van der Waals surface area contributed by atoms with Crippen LogP contribution < -0.4 is 0 Å². The minimum Gasteiger partial charge on any atom is -0.442 e. The number of rotatable bonds is 20. The number of methoxy groups -OCH3 is 1. The van der Waals surface area contributed by atoms with Crippen LogP contribution in [0.15, 0.2) is 54.6 Å². The van der Waals surface area contributed by atoms with Gasteiger partial charge in [0.15, 0.2) is 6.10 Å². The fourth-order valence-corrected chi connectivity index (χ4v) is 4.27. The summed E-state index contributed by atoms with van der Waals surface area (Å²) in [4.78, 5) is 12.7. The second-order valence-corrected chi connectivity index (χ2v) is 9.54. The average Bonchev–Trinajstić information content (AvgIpc) is 2.90. The van der Waals surface area contributed by atoms with E-state index in [1.165, 1.54) is 94.5 Å². The summed E-state index contributed by atoms with van der Waals surface area (Å²) in [5.41, 5.74) is -3.61. The highest BCUT2D eigenvalue weighted by Gasteiger charge is 2.64. The molecule has 1 aromatic rings. The molecule has 0 aliphatic carbocycles. The van der Waals surface area contributed by atoms with E-state index in [1.54, 1.807) is 12.1 Å². The van der Waals surface area contributed by atoms with E-state index in [9.17, 15) is 18.0 Å². The van der Waals surface area contributed by atoms with Gasteiger partial charge < -0.3 is 9.47 Å². The Kier molecular flexibility index (Phi) is 17.2. The molecule has 3 nitrogen and oxygen atoms in total. The van der Waals surface area contributed by atoms with Gasteiger partial charge in [0.1, 0.15) is 0 Å². The molecule has 2 atom stereocenters. The smallest absolute Gasteiger partial charge is 0.432 e. The Morgan fingerprint density at radius 3 is 1.84 bits per heavy atom. The normalized spacial score (nSPS) is 14.4. The maximum Gasteiger partial charge on any atom is 0.432 e.